The molecule has 0 unspecified atom stereocenters. The Bertz CT molecular complexity index is 258. The van der Waals surface area contributed by atoms with E-state index in [1.54, 1.807) is 0 Å². The van der Waals surface area contributed by atoms with Crippen molar-refractivity contribution in [3.8, 4) is 0 Å². The lowest BCUT2D eigenvalue weighted by molar-refractivity contribution is -0.0303. The van der Waals surface area contributed by atoms with Crippen LogP contribution < -0.4 is 5.32 Å². The highest BCUT2D eigenvalue weighted by molar-refractivity contribution is 7.81. The van der Waals surface area contributed by atoms with Crippen LogP contribution in [0.4, 0.5) is 4.79 Å². The Labute approximate surface area is 108 Å². The number of ether oxygens (including phenoxy) is 1. The number of carbonyl (C=O) groups is 1. The molecular weight excluding hydrogens is 240 g/mol. The van der Waals surface area contributed by atoms with E-state index in [2.05, 4.69) is 17.9 Å². The van der Waals surface area contributed by atoms with Gasteiger partial charge in [-0.25, -0.2) is 4.79 Å². The summed E-state index contributed by atoms with van der Waals surface area (Å²) in [5.41, 5.74) is -0.447. The Kier molecular flexibility index (Phi) is 5.09. The Hall–Kier alpha value is -0.460. The van der Waals surface area contributed by atoms with E-state index in [0.717, 1.165) is 13.1 Å². The number of likely N-dealkylation sites (tertiary alicyclic amines) is 1. The summed E-state index contributed by atoms with van der Waals surface area (Å²) in [6.45, 7) is 8.46. The molecule has 0 aliphatic carbocycles. The molecule has 0 aromatic heterocycles. The van der Waals surface area contributed by atoms with Gasteiger partial charge in [-0.3, -0.25) is 0 Å². The minimum atomic E-state index is -0.447. The van der Waals surface area contributed by atoms with Gasteiger partial charge in [0.15, 0.2) is 0 Å². The summed E-state index contributed by atoms with van der Waals surface area (Å²) in [6.07, 6.45) is -0.703. The quantitative estimate of drug-likeness (QED) is 0.556. The van der Waals surface area contributed by atoms with Gasteiger partial charge in [0.2, 0.25) is 0 Å². The number of nitrogens with zero attached hydrogens (tertiary/aromatic N) is 1. The topological polar surface area (TPSA) is 61.8 Å². The smallest absolute Gasteiger partial charge is 0.410 e. The fraction of sp³-hybridized carbons (Fsp3) is 0.909. The van der Waals surface area contributed by atoms with E-state index in [9.17, 15) is 4.79 Å². The normalized spacial score (nSPS) is 20.9. The molecule has 6 heteroatoms. The number of thiol groups is 1. The van der Waals surface area contributed by atoms with Gasteiger partial charge >= 0.3 is 6.09 Å². The summed E-state index contributed by atoms with van der Waals surface area (Å²) < 4.78 is 5.07. The van der Waals surface area contributed by atoms with Crippen LogP contribution in [-0.2, 0) is 4.74 Å². The van der Waals surface area contributed by atoms with Crippen molar-refractivity contribution in [1.29, 1.82) is 0 Å². The third kappa shape index (κ3) is 5.61. The van der Waals surface area contributed by atoms with Crippen LogP contribution in [0.5, 0.6) is 0 Å². The van der Waals surface area contributed by atoms with E-state index >= 15 is 0 Å². The van der Waals surface area contributed by atoms with Gasteiger partial charge in [0, 0.05) is 18.3 Å². The predicted molar refractivity (Wildman–Crippen MR) is 69.5 cm³/mol. The summed E-state index contributed by atoms with van der Waals surface area (Å²) in [7, 11) is 0. The first-order valence-corrected chi connectivity index (χ1v) is 6.34. The van der Waals surface area contributed by atoms with E-state index in [0.29, 0.717) is 18.3 Å². The molecule has 1 amide bonds. The molecule has 2 rings (SSSR count). The van der Waals surface area contributed by atoms with Gasteiger partial charge in [-0.1, -0.05) is 0 Å². The van der Waals surface area contributed by atoms with E-state index < -0.39 is 5.60 Å². The minimum Gasteiger partial charge on any atom is -0.444 e. The number of hydrogen-bond donors (Lipinski definition) is 3. The number of β-amino-alcohol motifs (C(OH)–C–C–N with tert-alkyl or cyclic N) is 1. The lowest BCUT2D eigenvalue weighted by Crippen LogP contribution is -2.54. The van der Waals surface area contributed by atoms with Crippen molar-refractivity contribution in [2.75, 3.05) is 26.2 Å². The molecule has 2 fully saturated rings. The zero-order valence-electron chi connectivity index (χ0n) is 10.6. The molecule has 5 nitrogen and oxygen atoms in total. The third-order valence-corrected chi connectivity index (χ3v) is 2.64. The molecule has 0 spiro atoms. The van der Waals surface area contributed by atoms with Gasteiger partial charge in [-0.15, -0.1) is 0 Å². The molecule has 0 saturated carbocycles. The number of rotatable bonds is 0. The monoisotopic (exact) mass is 262 g/mol. The zero-order chi connectivity index (χ0) is 13.1. The predicted octanol–water partition coefficient (Wildman–Crippen LogP) is 0.486. The van der Waals surface area contributed by atoms with Gasteiger partial charge < -0.3 is 20.1 Å². The van der Waals surface area contributed by atoms with Crippen molar-refractivity contribution in [2.24, 2.45) is 0 Å². The molecule has 0 bridgehead atoms. The maximum absolute atomic E-state index is 11.2. The first-order chi connectivity index (χ1) is 7.78. The molecule has 2 heterocycles. The van der Waals surface area contributed by atoms with E-state index in [1.807, 2.05) is 20.8 Å². The van der Waals surface area contributed by atoms with Crippen LogP contribution in [0.3, 0.4) is 0 Å². The van der Waals surface area contributed by atoms with Crippen LogP contribution in [0.1, 0.15) is 20.8 Å². The molecule has 17 heavy (non-hydrogen) atoms. The number of aliphatic hydroxyl groups excluding tert-OH is 1. The van der Waals surface area contributed by atoms with Crippen molar-refractivity contribution in [3.63, 3.8) is 0 Å². The minimum absolute atomic E-state index is 0.340. The lowest BCUT2D eigenvalue weighted by atomic mass is 10.2. The number of amides is 1. The van der Waals surface area contributed by atoms with Gasteiger partial charge in [-0.2, -0.15) is 12.6 Å². The summed E-state index contributed by atoms with van der Waals surface area (Å²) in [5, 5.41) is 12.6. The van der Waals surface area contributed by atoms with E-state index in [4.69, 9.17) is 9.84 Å². The molecule has 0 radical (unpaired) electrons. The highest BCUT2D eigenvalue weighted by Crippen LogP contribution is 2.14. The van der Waals surface area contributed by atoms with E-state index in [1.165, 1.54) is 4.90 Å². The van der Waals surface area contributed by atoms with Crippen LogP contribution >= 0.6 is 12.6 Å². The highest BCUT2D eigenvalue weighted by Gasteiger charge is 2.32. The molecule has 100 valence electrons. The Morgan fingerprint density at radius 2 is 1.88 bits per heavy atom. The van der Waals surface area contributed by atoms with Crippen LogP contribution in [0.25, 0.3) is 0 Å². The van der Waals surface area contributed by atoms with Crippen molar-refractivity contribution in [3.05, 3.63) is 0 Å². The van der Waals surface area contributed by atoms with E-state index in [-0.39, 0.29) is 12.2 Å². The fourth-order valence-electron chi connectivity index (χ4n) is 1.20. The van der Waals surface area contributed by atoms with Crippen LogP contribution in [0, 0.1) is 0 Å². The lowest BCUT2D eigenvalue weighted by Gasteiger charge is -2.36. The second kappa shape index (κ2) is 5.93. The maximum Gasteiger partial charge on any atom is 0.410 e. The Morgan fingerprint density at radius 1 is 1.41 bits per heavy atom. The molecule has 0 aromatic carbocycles. The number of hydrogen-bond acceptors (Lipinski definition) is 5. The first-order valence-electron chi connectivity index (χ1n) is 5.82. The van der Waals surface area contributed by atoms with Crippen molar-refractivity contribution in [2.45, 2.75) is 37.7 Å². The van der Waals surface area contributed by atoms with Crippen LogP contribution in [0.2, 0.25) is 0 Å². The van der Waals surface area contributed by atoms with Gasteiger partial charge in [0.05, 0.1) is 19.2 Å². The number of nitrogens with one attached hydrogen (secondary N) is 1. The van der Waals surface area contributed by atoms with Gasteiger partial charge in [-0.05, 0) is 20.8 Å². The summed E-state index contributed by atoms with van der Waals surface area (Å²) in [6, 6.07) is 0. The first kappa shape index (κ1) is 14.6. The van der Waals surface area contributed by atoms with Crippen LogP contribution in [0.15, 0.2) is 0 Å². The largest absolute Gasteiger partial charge is 0.444 e. The average molecular weight is 262 g/mol. The van der Waals surface area contributed by atoms with Gasteiger partial charge in [0.1, 0.15) is 5.60 Å². The second-order valence-corrected chi connectivity index (χ2v) is 6.08. The van der Waals surface area contributed by atoms with Crippen molar-refractivity contribution >= 4 is 18.7 Å². The average Bonchev–Trinajstić information content (AvgIpc) is 2.07. The zero-order valence-corrected chi connectivity index (χ0v) is 11.5. The summed E-state index contributed by atoms with van der Waals surface area (Å²) in [5.74, 6) is 0. The van der Waals surface area contributed by atoms with Crippen molar-refractivity contribution < 1.29 is 14.6 Å². The molecule has 2 aliphatic rings. The van der Waals surface area contributed by atoms with Crippen LogP contribution in [-0.4, -0.2) is 59.2 Å². The second-order valence-electron chi connectivity index (χ2n) is 5.35. The highest BCUT2D eigenvalue weighted by atomic mass is 32.1. The Balaban J connectivity index is 0.000000239. The maximum atomic E-state index is 11.2. The molecule has 2 N–H and O–H groups in total. The molecule has 0 aromatic rings. The summed E-state index contributed by atoms with van der Waals surface area (Å²) in [4.78, 5) is 12.7. The SMILES string of the molecule is CC(C)(C)OC(=O)N1CC(O)C1.SC1CNC1. The molecular formula is C11H22N2O3S. The molecule has 0 atom stereocenters. The number of aliphatic hydroxyl groups is 1. The fourth-order valence-corrected chi connectivity index (χ4v) is 1.46. The molecule has 2 saturated heterocycles. The van der Waals surface area contributed by atoms with Crippen molar-refractivity contribution in [1.82, 2.24) is 10.2 Å². The third-order valence-electron chi connectivity index (χ3n) is 2.27. The standard InChI is InChI=1S/C8H15NO3.C3H7NS/c1-8(2,3)12-7(11)9-4-6(10)5-9;5-3-1-4-2-3/h6,10H,4-5H2,1-3H3;3-5H,1-2H2. The van der Waals surface area contributed by atoms with Gasteiger partial charge in [0.25, 0.3) is 0 Å². The Morgan fingerprint density at radius 3 is 2.12 bits per heavy atom. The molecule has 2 aliphatic heterocycles. The summed E-state index contributed by atoms with van der Waals surface area (Å²) >= 11 is 4.12. The number of carbonyl (C=O) groups excluding carboxylic acids is 1.